The van der Waals surface area contributed by atoms with E-state index in [0.29, 0.717) is 28.3 Å². The smallest absolute Gasteiger partial charge is 0.0303 e. The third-order valence-electron chi connectivity index (χ3n) is 6.97. The van der Waals surface area contributed by atoms with E-state index in [-0.39, 0.29) is 0 Å². The Morgan fingerprint density at radius 2 is 1.72 bits per heavy atom. The Kier molecular flexibility index (Phi) is 2.53. The number of hydrogen-bond acceptors (Lipinski definition) is 2. The summed E-state index contributed by atoms with van der Waals surface area (Å²) in [6.07, 6.45) is 4.20. The van der Waals surface area contributed by atoms with Crippen molar-refractivity contribution in [3.8, 4) is 0 Å². The van der Waals surface area contributed by atoms with Gasteiger partial charge in [0.15, 0.2) is 0 Å². The van der Waals surface area contributed by atoms with Crippen LogP contribution in [0.15, 0.2) is 0 Å². The number of hydrogen-bond donors (Lipinski definition) is 2. The number of fused-ring (bicyclic) bond motifs is 5. The highest BCUT2D eigenvalue weighted by Crippen LogP contribution is 2.68. The van der Waals surface area contributed by atoms with Crippen molar-refractivity contribution in [2.24, 2.45) is 28.1 Å². The van der Waals surface area contributed by atoms with Crippen LogP contribution < -0.4 is 10.9 Å². The van der Waals surface area contributed by atoms with E-state index < -0.39 is 0 Å². The molecule has 2 aliphatic carbocycles. The van der Waals surface area contributed by atoms with Crippen LogP contribution in [-0.2, 0) is 0 Å². The quantitative estimate of drug-likeness (QED) is 0.689. The van der Waals surface area contributed by atoms with Crippen LogP contribution in [0.3, 0.4) is 0 Å². The van der Waals surface area contributed by atoms with Gasteiger partial charge in [-0.15, -0.1) is 0 Å². The number of nitrogens with one attached hydrogen (secondary N) is 2. The van der Waals surface area contributed by atoms with Gasteiger partial charge in [0.25, 0.3) is 0 Å². The van der Waals surface area contributed by atoms with Gasteiger partial charge in [-0.05, 0) is 47.3 Å². The molecule has 0 aromatic carbocycles. The van der Waals surface area contributed by atoms with Crippen molar-refractivity contribution in [1.29, 1.82) is 0 Å². The topological polar surface area (TPSA) is 24.1 Å². The summed E-state index contributed by atoms with van der Waals surface area (Å²) in [5.74, 6) is 1.80. The first-order valence-electron chi connectivity index (χ1n) is 7.69. The highest BCUT2D eigenvalue weighted by atomic mass is 15.4. The Hall–Kier alpha value is -0.0800. The maximum Gasteiger partial charge on any atom is 0.0303 e. The molecule has 2 nitrogen and oxygen atoms in total. The zero-order chi connectivity index (χ0) is 13.3. The lowest BCUT2D eigenvalue weighted by Crippen LogP contribution is -2.63. The molecule has 0 aromatic heterocycles. The Balaban J connectivity index is 1.88. The maximum atomic E-state index is 3.72. The highest BCUT2D eigenvalue weighted by Gasteiger charge is 2.67. The van der Waals surface area contributed by atoms with Crippen LogP contribution >= 0.6 is 0 Å². The van der Waals surface area contributed by atoms with Gasteiger partial charge in [-0.1, -0.05) is 41.5 Å². The van der Waals surface area contributed by atoms with Crippen molar-refractivity contribution in [2.75, 3.05) is 0 Å². The third-order valence-corrected chi connectivity index (χ3v) is 6.97. The molecule has 2 N–H and O–H groups in total. The number of hydrazine groups is 1. The fourth-order valence-corrected chi connectivity index (χ4v) is 5.23. The molecule has 0 amide bonds. The molecule has 3 unspecified atom stereocenters. The van der Waals surface area contributed by atoms with Gasteiger partial charge in [0, 0.05) is 12.1 Å². The Morgan fingerprint density at radius 3 is 2.33 bits per heavy atom. The second kappa shape index (κ2) is 3.52. The van der Waals surface area contributed by atoms with Crippen LogP contribution in [0.5, 0.6) is 0 Å². The van der Waals surface area contributed by atoms with Gasteiger partial charge in [0.05, 0.1) is 0 Å². The summed E-state index contributed by atoms with van der Waals surface area (Å²) in [5, 5.41) is 0. The zero-order valence-corrected chi connectivity index (χ0v) is 12.9. The van der Waals surface area contributed by atoms with Crippen LogP contribution in [0.4, 0.5) is 0 Å². The van der Waals surface area contributed by atoms with E-state index in [2.05, 4.69) is 52.4 Å². The van der Waals surface area contributed by atoms with Gasteiger partial charge in [-0.3, -0.25) is 10.9 Å². The van der Waals surface area contributed by atoms with Crippen LogP contribution in [0.1, 0.15) is 60.8 Å². The van der Waals surface area contributed by atoms with Crippen molar-refractivity contribution in [3.05, 3.63) is 0 Å². The van der Waals surface area contributed by atoms with Gasteiger partial charge in [0.1, 0.15) is 0 Å². The van der Waals surface area contributed by atoms with Crippen LogP contribution in [-0.4, -0.2) is 12.1 Å². The van der Waals surface area contributed by atoms with Crippen LogP contribution in [0.25, 0.3) is 0 Å². The summed E-state index contributed by atoms with van der Waals surface area (Å²) in [5.41, 5.74) is 8.68. The van der Waals surface area contributed by atoms with Gasteiger partial charge in [0.2, 0.25) is 0 Å². The second-order valence-electron chi connectivity index (χ2n) is 8.87. The fourth-order valence-electron chi connectivity index (χ4n) is 5.23. The lowest BCUT2D eigenvalue weighted by atomic mass is 9.68. The van der Waals surface area contributed by atoms with Crippen LogP contribution in [0.2, 0.25) is 0 Å². The molecule has 5 atom stereocenters. The molecule has 18 heavy (non-hydrogen) atoms. The summed E-state index contributed by atoms with van der Waals surface area (Å²) in [4.78, 5) is 0. The van der Waals surface area contributed by atoms with E-state index in [1.807, 2.05) is 0 Å². The first kappa shape index (κ1) is 12.9. The largest absolute Gasteiger partial charge is 0.254 e. The first-order valence-corrected chi connectivity index (χ1v) is 7.69. The zero-order valence-electron chi connectivity index (χ0n) is 12.9. The minimum absolute atomic E-state index is 0.352. The van der Waals surface area contributed by atoms with Crippen LogP contribution in [0, 0.1) is 28.1 Å². The predicted octanol–water partition coefficient (Wildman–Crippen LogP) is 3.34. The normalized spacial score (nSPS) is 50.3. The van der Waals surface area contributed by atoms with E-state index in [4.69, 9.17) is 0 Å². The summed E-state index contributed by atoms with van der Waals surface area (Å²) in [6, 6.07) is 1.29. The van der Waals surface area contributed by atoms with Crippen molar-refractivity contribution in [1.82, 2.24) is 10.9 Å². The number of rotatable bonds is 0. The minimum atomic E-state index is 0.352. The molecule has 2 saturated carbocycles. The molecular formula is C16H30N2. The Morgan fingerprint density at radius 1 is 1.06 bits per heavy atom. The van der Waals surface area contributed by atoms with Crippen molar-refractivity contribution < 1.29 is 0 Å². The van der Waals surface area contributed by atoms with Gasteiger partial charge in [-0.25, -0.2) is 0 Å². The van der Waals surface area contributed by atoms with E-state index in [1.165, 1.54) is 19.3 Å². The molecule has 1 aliphatic heterocycles. The van der Waals surface area contributed by atoms with E-state index in [9.17, 15) is 0 Å². The fraction of sp³-hybridized carbons (Fsp3) is 1.00. The minimum Gasteiger partial charge on any atom is -0.254 e. The second-order valence-corrected chi connectivity index (χ2v) is 8.87. The maximum absolute atomic E-state index is 3.72. The summed E-state index contributed by atoms with van der Waals surface area (Å²) >= 11 is 0. The average Bonchev–Trinajstić information content (AvgIpc) is 2.58. The van der Waals surface area contributed by atoms with Crippen molar-refractivity contribution in [3.63, 3.8) is 0 Å². The average molecular weight is 250 g/mol. The monoisotopic (exact) mass is 250 g/mol. The molecular weight excluding hydrogens is 220 g/mol. The molecule has 0 spiro atoms. The highest BCUT2D eigenvalue weighted by molar-refractivity contribution is 5.18. The summed E-state index contributed by atoms with van der Waals surface area (Å²) in [6.45, 7) is 14.6. The molecule has 2 heteroatoms. The molecule has 0 radical (unpaired) electrons. The SMILES string of the molecule is CC(C)(C)C1CC2C(NN1)[C@@]1(C)CC[C@H]2C1(C)C. The molecule has 3 fully saturated rings. The molecule has 3 rings (SSSR count). The lowest BCUT2D eigenvalue weighted by molar-refractivity contribution is 0.0544. The lowest BCUT2D eigenvalue weighted by Gasteiger charge is -2.48. The van der Waals surface area contributed by atoms with Gasteiger partial charge >= 0.3 is 0 Å². The van der Waals surface area contributed by atoms with Gasteiger partial charge < -0.3 is 0 Å². The van der Waals surface area contributed by atoms with E-state index in [0.717, 1.165) is 11.8 Å². The van der Waals surface area contributed by atoms with Crippen molar-refractivity contribution >= 4 is 0 Å². The van der Waals surface area contributed by atoms with Gasteiger partial charge in [-0.2, -0.15) is 0 Å². The molecule has 3 aliphatic rings. The Labute approximate surface area is 112 Å². The summed E-state index contributed by atoms with van der Waals surface area (Å²) in [7, 11) is 0. The molecule has 104 valence electrons. The van der Waals surface area contributed by atoms with Crippen molar-refractivity contribution in [2.45, 2.75) is 72.9 Å². The Bertz CT molecular complexity index is 355. The molecule has 2 bridgehead atoms. The molecule has 1 heterocycles. The molecule has 1 saturated heterocycles. The predicted molar refractivity (Wildman–Crippen MR) is 76.0 cm³/mol. The first-order chi connectivity index (χ1) is 8.18. The standard InChI is InChI=1S/C16H30N2/c1-14(2,3)12-9-10-11-7-8-16(6,15(11,4)5)13(10)18-17-12/h10-13,17-18H,7-9H2,1-6H3/t10?,11-,12?,13?,16-/m1/s1. The molecule has 0 aromatic rings. The van der Waals surface area contributed by atoms with E-state index in [1.54, 1.807) is 0 Å². The van der Waals surface area contributed by atoms with E-state index >= 15 is 0 Å². The summed E-state index contributed by atoms with van der Waals surface area (Å²) < 4.78 is 0. The third kappa shape index (κ3) is 1.42.